The molecule has 1 N–H and O–H groups in total. The van der Waals surface area contributed by atoms with Gasteiger partial charge in [0.1, 0.15) is 17.2 Å². The second-order valence-corrected chi connectivity index (χ2v) is 6.24. The molecule has 0 bridgehead atoms. The van der Waals surface area contributed by atoms with Crippen molar-refractivity contribution in [3.05, 3.63) is 78.4 Å². The molecule has 0 aliphatic rings. The average molecular weight is 389 g/mol. The number of carbonyl (C=O) groups excluding carboxylic acids is 1. The molecular weight excluding hydrogens is 366 g/mol. The number of methoxy groups -OCH3 is 3. The Kier molecular flexibility index (Phi) is 6.53. The molecule has 1 amide bonds. The highest BCUT2D eigenvalue weighted by Gasteiger charge is 2.09. The summed E-state index contributed by atoms with van der Waals surface area (Å²) in [6, 6.07) is 20.7. The maximum absolute atomic E-state index is 12.3. The van der Waals surface area contributed by atoms with Crippen LogP contribution >= 0.6 is 0 Å². The fourth-order valence-electron chi connectivity index (χ4n) is 2.85. The van der Waals surface area contributed by atoms with E-state index in [1.54, 1.807) is 27.4 Å². The van der Waals surface area contributed by atoms with E-state index in [4.69, 9.17) is 14.2 Å². The zero-order chi connectivity index (χ0) is 20.6. The van der Waals surface area contributed by atoms with E-state index in [0.717, 1.165) is 33.9 Å². The Morgan fingerprint density at radius 2 is 1.41 bits per heavy atom. The molecule has 5 heteroatoms. The van der Waals surface area contributed by atoms with Crippen LogP contribution in [0.25, 0.3) is 17.2 Å². The summed E-state index contributed by atoms with van der Waals surface area (Å²) < 4.78 is 15.8. The van der Waals surface area contributed by atoms with Gasteiger partial charge in [-0.3, -0.25) is 4.79 Å². The van der Waals surface area contributed by atoms with E-state index in [9.17, 15) is 4.79 Å². The summed E-state index contributed by atoms with van der Waals surface area (Å²) in [5.74, 6) is 2.06. The van der Waals surface area contributed by atoms with Gasteiger partial charge in [-0.05, 0) is 59.7 Å². The molecule has 3 rings (SSSR count). The number of benzene rings is 3. The molecular formula is C24H23NO4. The molecule has 0 saturated heterocycles. The van der Waals surface area contributed by atoms with E-state index >= 15 is 0 Å². The SMILES string of the molecule is COc1ccc(/C=C/C(=O)Nc2ccc(OC)c(-c3ccc(OC)cc3)c2)cc1. The van der Waals surface area contributed by atoms with Crippen molar-refractivity contribution in [1.82, 2.24) is 0 Å². The van der Waals surface area contributed by atoms with Crippen molar-refractivity contribution in [2.24, 2.45) is 0 Å². The largest absolute Gasteiger partial charge is 0.497 e. The van der Waals surface area contributed by atoms with Crippen LogP contribution in [0.3, 0.4) is 0 Å². The van der Waals surface area contributed by atoms with Crippen LogP contribution in [0.15, 0.2) is 72.8 Å². The minimum Gasteiger partial charge on any atom is -0.497 e. The van der Waals surface area contributed by atoms with E-state index in [-0.39, 0.29) is 5.91 Å². The Morgan fingerprint density at radius 3 is 2.00 bits per heavy atom. The van der Waals surface area contributed by atoms with Crippen LogP contribution < -0.4 is 19.5 Å². The zero-order valence-electron chi connectivity index (χ0n) is 16.6. The fourth-order valence-corrected chi connectivity index (χ4v) is 2.85. The van der Waals surface area contributed by atoms with Crippen LogP contribution in [0, 0.1) is 0 Å². The van der Waals surface area contributed by atoms with Crippen molar-refractivity contribution >= 4 is 17.7 Å². The average Bonchev–Trinajstić information content (AvgIpc) is 2.78. The maximum atomic E-state index is 12.3. The Bertz CT molecular complexity index is 992. The molecule has 0 aliphatic heterocycles. The molecule has 0 saturated carbocycles. The Balaban J connectivity index is 1.76. The fraction of sp³-hybridized carbons (Fsp3) is 0.125. The number of nitrogens with one attached hydrogen (secondary N) is 1. The van der Waals surface area contributed by atoms with Crippen LogP contribution in [0.2, 0.25) is 0 Å². The Hall–Kier alpha value is -3.73. The van der Waals surface area contributed by atoms with E-state index in [0.29, 0.717) is 5.69 Å². The molecule has 0 aromatic heterocycles. The van der Waals surface area contributed by atoms with Crippen molar-refractivity contribution in [1.29, 1.82) is 0 Å². The van der Waals surface area contributed by atoms with Gasteiger partial charge in [0.15, 0.2) is 0 Å². The second-order valence-electron chi connectivity index (χ2n) is 6.24. The molecule has 0 fully saturated rings. The highest BCUT2D eigenvalue weighted by atomic mass is 16.5. The first-order valence-electron chi connectivity index (χ1n) is 9.08. The van der Waals surface area contributed by atoms with Crippen molar-refractivity contribution in [2.45, 2.75) is 0 Å². The summed E-state index contributed by atoms with van der Waals surface area (Å²) >= 11 is 0. The monoisotopic (exact) mass is 389 g/mol. The van der Waals surface area contributed by atoms with E-state index in [2.05, 4.69) is 5.32 Å². The summed E-state index contributed by atoms with van der Waals surface area (Å²) in [7, 11) is 4.87. The number of hydrogen-bond donors (Lipinski definition) is 1. The van der Waals surface area contributed by atoms with Gasteiger partial charge in [-0.15, -0.1) is 0 Å². The molecule has 29 heavy (non-hydrogen) atoms. The number of hydrogen-bond acceptors (Lipinski definition) is 4. The van der Waals surface area contributed by atoms with E-state index < -0.39 is 0 Å². The molecule has 0 heterocycles. The predicted molar refractivity (Wildman–Crippen MR) is 116 cm³/mol. The number of amides is 1. The Labute approximate surface area is 170 Å². The molecule has 0 unspecified atom stereocenters. The lowest BCUT2D eigenvalue weighted by molar-refractivity contribution is -0.111. The quantitative estimate of drug-likeness (QED) is 0.576. The number of ether oxygens (including phenoxy) is 3. The molecule has 3 aromatic rings. The van der Waals surface area contributed by atoms with Crippen molar-refractivity contribution in [3.8, 4) is 28.4 Å². The summed E-state index contributed by atoms with van der Waals surface area (Å²) in [6.45, 7) is 0. The zero-order valence-corrected chi connectivity index (χ0v) is 16.6. The molecule has 148 valence electrons. The number of carbonyl (C=O) groups is 1. The van der Waals surface area contributed by atoms with Gasteiger partial charge in [-0.25, -0.2) is 0 Å². The van der Waals surface area contributed by atoms with Crippen LogP contribution in [-0.4, -0.2) is 27.2 Å². The molecule has 0 aliphatic carbocycles. The molecule has 0 spiro atoms. The van der Waals surface area contributed by atoms with Gasteiger partial charge >= 0.3 is 0 Å². The van der Waals surface area contributed by atoms with Crippen LogP contribution in [0.1, 0.15) is 5.56 Å². The van der Waals surface area contributed by atoms with Crippen LogP contribution in [0.4, 0.5) is 5.69 Å². The topological polar surface area (TPSA) is 56.8 Å². The standard InChI is InChI=1S/C24H23NO4/c1-27-20-10-4-17(5-11-20)6-15-24(26)25-19-9-14-23(29-3)22(16-19)18-7-12-21(28-2)13-8-18/h4-16H,1-3H3,(H,25,26)/b15-6+. The number of rotatable bonds is 7. The first-order chi connectivity index (χ1) is 14.1. The number of anilines is 1. The lowest BCUT2D eigenvalue weighted by Gasteiger charge is -2.12. The van der Waals surface area contributed by atoms with Gasteiger partial charge in [0.2, 0.25) is 5.91 Å². The van der Waals surface area contributed by atoms with E-state index in [1.165, 1.54) is 6.08 Å². The van der Waals surface area contributed by atoms with E-state index in [1.807, 2.05) is 66.7 Å². The van der Waals surface area contributed by atoms with Gasteiger partial charge in [0.05, 0.1) is 21.3 Å². The van der Waals surface area contributed by atoms with Gasteiger partial charge in [-0.2, -0.15) is 0 Å². The normalized spacial score (nSPS) is 10.6. The maximum Gasteiger partial charge on any atom is 0.248 e. The third kappa shape index (κ3) is 5.17. The second kappa shape index (κ2) is 9.46. The third-order valence-electron chi connectivity index (χ3n) is 4.41. The summed E-state index contributed by atoms with van der Waals surface area (Å²) in [5, 5.41) is 2.89. The molecule has 0 atom stereocenters. The Morgan fingerprint density at radius 1 is 0.793 bits per heavy atom. The summed E-state index contributed by atoms with van der Waals surface area (Å²) in [6.07, 6.45) is 3.25. The van der Waals surface area contributed by atoms with Crippen LogP contribution in [0.5, 0.6) is 17.2 Å². The molecule has 3 aromatic carbocycles. The van der Waals surface area contributed by atoms with Gasteiger partial charge in [0.25, 0.3) is 0 Å². The van der Waals surface area contributed by atoms with Gasteiger partial charge < -0.3 is 19.5 Å². The van der Waals surface area contributed by atoms with Gasteiger partial charge in [0, 0.05) is 17.3 Å². The lowest BCUT2D eigenvalue weighted by Crippen LogP contribution is -2.07. The first kappa shape index (κ1) is 20.0. The first-order valence-corrected chi connectivity index (χ1v) is 9.08. The smallest absolute Gasteiger partial charge is 0.248 e. The summed E-state index contributed by atoms with van der Waals surface area (Å²) in [5.41, 5.74) is 3.44. The predicted octanol–water partition coefficient (Wildman–Crippen LogP) is 5.03. The molecule has 0 radical (unpaired) electrons. The van der Waals surface area contributed by atoms with Crippen LogP contribution in [-0.2, 0) is 4.79 Å². The van der Waals surface area contributed by atoms with Crippen molar-refractivity contribution in [2.75, 3.05) is 26.6 Å². The summed E-state index contributed by atoms with van der Waals surface area (Å²) in [4.78, 5) is 12.3. The highest BCUT2D eigenvalue weighted by molar-refractivity contribution is 6.02. The van der Waals surface area contributed by atoms with Crippen molar-refractivity contribution in [3.63, 3.8) is 0 Å². The molecule has 5 nitrogen and oxygen atoms in total. The lowest BCUT2D eigenvalue weighted by atomic mass is 10.0. The van der Waals surface area contributed by atoms with Gasteiger partial charge in [-0.1, -0.05) is 24.3 Å². The minimum absolute atomic E-state index is 0.216. The minimum atomic E-state index is -0.216. The highest BCUT2D eigenvalue weighted by Crippen LogP contribution is 2.33. The van der Waals surface area contributed by atoms with Crippen molar-refractivity contribution < 1.29 is 19.0 Å². The third-order valence-corrected chi connectivity index (χ3v) is 4.41.